The topological polar surface area (TPSA) is 44.5 Å². The minimum atomic E-state index is 0.191. The average Bonchev–Trinajstić information content (AvgIpc) is 2.44. The summed E-state index contributed by atoms with van der Waals surface area (Å²) in [5, 5.41) is 0. The van der Waals surface area contributed by atoms with Gasteiger partial charge in [-0.05, 0) is 42.5 Å². The lowest BCUT2D eigenvalue weighted by molar-refractivity contribution is 0.317. The fraction of sp³-hybridized carbons (Fsp3) is 0.500. The Labute approximate surface area is 116 Å². The van der Waals surface area contributed by atoms with Gasteiger partial charge in [-0.2, -0.15) is 0 Å². The summed E-state index contributed by atoms with van der Waals surface area (Å²) in [6.45, 7) is 8.62. The van der Waals surface area contributed by atoms with Crippen LogP contribution < -0.4 is 15.2 Å². The van der Waals surface area contributed by atoms with E-state index in [0.717, 1.165) is 36.3 Å². The molecule has 0 radical (unpaired) electrons. The number of hydrogen-bond acceptors (Lipinski definition) is 3. The first kappa shape index (κ1) is 15.6. The summed E-state index contributed by atoms with van der Waals surface area (Å²) < 4.78 is 11.1. The fourth-order valence-corrected chi connectivity index (χ4v) is 1.69. The molecule has 0 aromatic heterocycles. The molecule has 0 saturated carbocycles. The maximum Gasteiger partial charge on any atom is 0.161 e. The second-order valence-corrected chi connectivity index (χ2v) is 4.75. The molecule has 106 valence electrons. The van der Waals surface area contributed by atoms with Gasteiger partial charge in [-0.15, -0.1) is 0 Å². The van der Waals surface area contributed by atoms with Crippen LogP contribution in [0.15, 0.2) is 30.4 Å². The maximum atomic E-state index is 5.97. The predicted molar refractivity (Wildman–Crippen MR) is 79.9 cm³/mol. The Kier molecular flexibility index (Phi) is 6.43. The molecule has 3 nitrogen and oxygen atoms in total. The highest BCUT2D eigenvalue weighted by Crippen LogP contribution is 2.29. The van der Waals surface area contributed by atoms with Gasteiger partial charge < -0.3 is 15.2 Å². The summed E-state index contributed by atoms with van der Waals surface area (Å²) in [5.74, 6) is 1.51. The molecule has 19 heavy (non-hydrogen) atoms. The van der Waals surface area contributed by atoms with Crippen molar-refractivity contribution in [3.63, 3.8) is 0 Å². The SMILES string of the molecule is C=C(CC)COc1ccc(CC(N)CC)cc1OC. The lowest BCUT2D eigenvalue weighted by Gasteiger charge is -2.14. The standard InChI is InChI=1S/C16H25NO2/c1-5-12(3)11-19-15-8-7-13(9-14(17)6-2)10-16(15)18-4/h7-8,10,14H,3,5-6,9,11,17H2,1-2,4H3. The molecular weight excluding hydrogens is 238 g/mol. The van der Waals surface area contributed by atoms with Gasteiger partial charge in [-0.3, -0.25) is 0 Å². The summed E-state index contributed by atoms with van der Waals surface area (Å²) in [6.07, 6.45) is 2.75. The Morgan fingerprint density at radius 3 is 2.63 bits per heavy atom. The third kappa shape index (κ3) is 4.95. The van der Waals surface area contributed by atoms with Crippen LogP contribution in [-0.2, 0) is 6.42 Å². The summed E-state index contributed by atoms with van der Waals surface area (Å²) >= 11 is 0. The van der Waals surface area contributed by atoms with Crippen molar-refractivity contribution >= 4 is 0 Å². The Morgan fingerprint density at radius 2 is 2.05 bits per heavy atom. The van der Waals surface area contributed by atoms with Crippen LogP contribution >= 0.6 is 0 Å². The molecule has 0 aliphatic rings. The van der Waals surface area contributed by atoms with Crippen LogP contribution in [-0.4, -0.2) is 19.8 Å². The lowest BCUT2D eigenvalue weighted by atomic mass is 10.0. The second-order valence-electron chi connectivity index (χ2n) is 4.75. The quantitative estimate of drug-likeness (QED) is 0.732. The van der Waals surface area contributed by atoms with E-state index in [4.69, 9.17) is 15.2 Å². The molecular formula is C16H25NO2. The van der Waals surface area contributed by atoms with Crippen molar-refractivity contribution in [1.29, 1.82) is 0 Å². The molecule has 1 rings (SSSR count). The minimum Gasteiger partial charge on any atom is -0.493 e. The lowest BCUT2D eigenvalue weighted by Crippen LogP contribution is -2.21. The Morgan fingerprint density at radius 1 is 1.32 bits per heavy atom. The molecule has 0 amide bonds. The summed E-state index contributed by atoms with van der Waals surface area (Å²) in [6, 6.07) is 6.18. The first-order valence-electron chi connectivity index (χ1n) is 6.82. The van der Waals surface area contributed by atoms with Crippen molar-refractivity contribution in [3.8, 4) is 11.5 Å². The molecule has 1 atom stereocenters. The molecule has 0 aliphatic heterocycles. The van der Waals surface area contributed by atoms with Crippen molar-refractivity contribution in [3.05, 3.63) is 35.9 Å². The van der Waals surface area contributed by atoms with Crippen molar-refractivity contribution in [1.82, 2.24) is 0 Å². The van der Waals surface area contributed by atoms with Crippen LogP contribution in [0.5, 0.6) is 11.5 Å². The van der Waals surface area contributed by atoms with Crippen LogP contribution in [0.2, 0.25) is 0 Å². The van der Waals surface area contributed by atoms with Gasteiger partial charge >= 0.3 is 0 Å². The summed E-state index contributed by atoms with van der Waals surface area (Å²) in [7, 11) is 1.65. The maximum absolute atomic E-state index is 5.97. The third-order valence-electron chi connectivity index (χ3n) is 3.18. The number of methoxy groups -OCH3 is 1. The third-order valence-corrected chi connectivity index (χ3v) is 3.18. The van der Waals surface area contributed by atoms with E-state index in [1.54, 1.807) is 7.11 Å². The summed E-state index contributed by atoms with van der Waals surface area (Å²) in [5.41, 5.74) is 8.21. The van der Waals surface area contributed by atoms with E-state index < -0.39 is 0 Å². The van der Waals surface area contributed by atoms with E-state index >= 15 is 0 Å². The van der Waals surface area contributed by atoms with Crippen LogP contribution in [0, 0.1) is 0 Å². The highest BCUT2D eigenvalue weighted by molar-refractivity contribution is 5.43. The van der Waals surface area contributed by atoms with Gasteiger partial charge in [0.25, 0.3) is 0 Å². The highest BCUT2D eigenvalue weighted by Gasteiger charge is 2.08. The van der Waals surface area contributed by atoms with E-state index in [9.17, 15) is 0 Å². The predicted octanol–water partition coefficient (Wildman–Crippen LogP) is 3.32. The molecule has 2 N–H and O–H groups in total. The van der Waals surface area contributed by atoms with Crippen molar-refractivity contribution < 1.29 is 9.47 Å². The monoisotopic (exact) mass is 263 g/mol. The van der Waals surface area contributed by atoms with E-state index in [-0.39, 0.29) is 6.04 Å². The zero-order valence-corrected chi connectivity index (χ0v) is 12.2. The van der Waals surface area contributed by atoms with Gasteiger partial charge in [-0.25, -0.2) is 0 Å². The van der Waals surface area contributed by atoms with Crippen molar-refractivity contribution in [2.24, 2.45) is 5.73 Å². The largest absolute Gasteiger partial charge is 0.493 e. The highest BCUT2D eigenvalue weighted by atomic mass is 16.5. The molecule has 1 aromatic rings. The molecule has 0 aliphatic carbocycles. The summed E-state index contributed by atoms with van der Waals surface area (Å²) in [4.78, 5) is 0. The van der Waals surface area contributed by atoms with Crippen molar-refractivity contribution in [2.75, 3.05) is 13.7 Å². The van der Waals surface area contributed by atoms with Crippen molar-refractivity contribution in [2.45, 2.75) is 39.2 Å². The van der Waals surface area contributed by atoms with Gasteiger partial charge in [0, 0.05) is 6.04 Å². The zero-order chi connectivity index (χ0) is 14.3. The van der Waals surface area contributed by atoms with E-state index in [1.807, 2.05) is 18.2 Å². The van der Waals surface area contributed by atoms with E-state index in [0.29, 0.717) is 6.61 Å². The average molecular weight is 263 g/mol. The molecule has 1 aromatic carbocycles. The Bertz CT molecular complexity index is 415. The molecule has 0 saturated heterocycles. The number of nitrogens with two attached hydrogens (primary N) is 1. The normalized spacial score (nSPS) is 12.0. The first-order chi connectivity index (χ1) is 9.10. The first-order valence-corrected chi connectivity index (χ1v) is 6.82. The number of rotatable bonds is 8. The molecule has 0 fully saturated rings. The molecule has 0 bridgehead atoms. The van der Waals surface area contributed by atoms with Crippen LogP contribution in [0.3, 0.4) is 0 Å². The van der Waals surface area contributed by atoms with Gasteiger partial charge in [0.2, 0.25) is 0 Å². The van der Waals surface area contributed by atoms with Crippen LogP contribution in [0.4, 0.5) is 0 Å². The minimum absolute atomic E-state index is 0.191. The second kappa shape index (κ2) is 7.85. The Balaban J connectivity index is 2.75. The van der Waals surface area contributed by atoms with Gasteiger partial charge in [0.1, 0.15) is 6.61 Å². The van der Waals surface area contributed by atoms with Crippen LogP contribution in [0.1, 0.15) is 32.3 Å². The smallest absolute Gasteiger partial charge is 0.161 e. The fourth-order valence-electron chi connectivity index (χ4n) is 1.69. The number of benzene rings is 1. The van der Waals surface area contributed by atoms with Gasteiger partial charge in [0.15, 0.2) is 11.5 Å². The molecule has 3 heteroatoms. The molecule has 1 unspecified atom stereocenters. The molecule has 0 heterocycles. The number of ether oxygens (including phenoxy) is 2. The zero-order valence-electron chi connectivity index (χ0n) is 12.2. The molecule has 0 spiro atoms. The Hall–Kier alpha value is -1.48. The van der Waals surface area contributed by atoms with E-state index in [2.05, 4.69) is 20.4 Å². The van der Waals surface area contributed by atoms with Gasteiger partial charge in [0.05, 0.1) is 7.11 Å². The van der Waals surface area contributed by atoms with Crippen LogP contribution in [0.25, 0.3) is 0 Å². The van der Waals surface area contributed by atoms with Gasteiger partial charge in [-0.1, -0.05) is 26.5 Å². The van der Waals surface area contributed by atoms with E-state index in [1.165, 1.54) is 5.56 Å². The number of hydrogen-bond donors (Lipinski definition) is 1.